The molecule has 1 aliphatic rings. The molecule has 29 heavy (non-hydrogen) atoms. The molecule has 8 heteroatoms. The third-order valence-corrected chi connectivity index (χ3v) is 5.07. The van der Waals surface area contributed by atoms with Crippen LogP contribution < -0.4 is 9.47 Å². The molecule has 0 N–H and O–H groups in total. The summed E-state index contributed by atoms with van der Waals surface area (Å²) in [4.78, 5) is 14.2. The van der Waals surface area contributed by atoms with Gasteiger partial charge < -0.3 is 14.4 Å². The highest BCUT2D eigenvalue weighted by molar-refractivity contribution is 6.31. The normalized spacial score (nSPS) is 14.1. The predicted molar refractivity (Wildman–Crippen MR) is 104 cm³/mol. The fourth-order valence-corrected chi connectivity index (χ4v) is 3.43. The summed E-state index contributed by atoms with van der Waals surface area (Å²) in [5.41, 5.74) is 1.34. The van der Waals surface area contributed by atoms with Crippen LogP contribution in [-0.2, 0) is 23.9 Å². The summed E-state index contributed by atoms with van der Waals surface area (Å²) >= 11 is 5.62. The minimum Gasteiger partial charge on any atom is -0.493 e. The second-order valence-corrected chi connectivity index (χ2v) is 6.96. The Balaban J connectivity index is 1.76. The molecule has 0 saturated heterocycles. The lowest BCUT2D eigenvalue weighted by atomic mass is 9.98. The first kappa shape index (κ1) is 21.0. The quantitative estimate of drug-likeness (QED) is 0.649. The Bertz CT molecular complexity index is 957. The van der Waals surface area contributed by atoms with Crippen molar-refractivity contribution < 1.29 is 27.4 Å². The SMILES string of the molecule is COc1cc2c(cc1OC)CN(C(=O)C=Cc1ccc(Cl)c(C(F)(F)F)c1)CC2. The Kier molecular flexibility index (Phi) is 6.07. The molecule has 1 amide bonds. The Morgan fingerprint density at radius 2 is 1.76 bits per heavy atom. The molecule has 0 unspecified atom stereocenters. The topological polar surface area (TPSA) is 38.8 Å². The molecule has 0 fully saturated rings. The van der Waals surface area contributed by atoms with E-state index in [4.69, 9.17) is 21.1 Å². The number of amides is 1. The average Bonchev–Trinajstić information content (AvgIpc) is 2.70. The van der Waals surface area contributed by atoms with Gasteiger partial charge in [0.1, 0.15) is 0 Å². The van der Waals surface area contributed by atoms with Gasteiger partial charge in [-0.2, -0.15) is 13.2 Å². The van der Waals surface area contributed by atoms with Crippen molar-refractivity contribution in [3.8, 4) is 11.5 Å². The van der Waals surface area contributed by atoms with Crippen molar-refractivity contribution in [1.29, 1.82) is 0 Å². The van der Waals surface area contributed by atoms with Crippen LogP contribution in [0.3, 0.4) is 0 Å². The third kappa shape index (κ3) is 4.67. The van der Waals surface area contributed by atoms with E-state index < -0.39 is 11.7 Å². The third-order valence-electron chi connectivity index (χ3n) is 4.74. The Morgan fingerprint density at radius 1 is 1.10 bits per heavy atom. The lowest BCUT2D eigenvalue weighted by molar-refractivity contribution is -0.137. The van der Waals surface area contributed by atoms with Crippen LogP contribution in [0.2, 0.25) is 5.02 Å². The summed E-state index contributed by atoms with van der Waals surface area (Å²) in [7, 11) is 3.11. The van der Waals surface area contributed by atoms with Crippen molar-refractivity contribution in [2.45, 2.75) is 19.1 Å². The van der Waals surface area contributed by atoms with Gasteiger partial charge in [-0.15, -0.1) is 0 Å². The number of alkyl halides is 3. The van der Waals surface area contributed by atoms with E-state index in [2.05, 4.69) is 0 Å². The molecule has 0 aliphatic carbocycles. The lowest BCUT2D eigenvalue weighted by Crippen LogP contribution is -2.34. The van der Waals surface area contributed by atoms with Gasteiger partial charge in [0.05, 0.1) is 24.8 Å². The first-order chi connectivity index (χ1) is 13.7. The summed E-state index contributed by atoms with van der Waals surface area (Å²) in [6, 6.07) is 7.27. The molecule has 0 atom stereocenters. The van der Waals surface area contributed by atoms with Crippen LogP contribution >= 0.6 is 11.6 Å². The van der Waals surface area contributed by atoms with E-state index in [1.807, 2.05) is 12.1 Å². The van der Waals surface area contributed by atoms with Gasteiger partial charge >= 0.3 is 6.18 Å². The average molecular weight is 426 g/mol. The van der Waals surface area contributed by atoms with Gasteiger partial charge in [0.15, 0.2) is 11.5 Å². The molecule has 0 radical (unpaired) electrons. The van der Waals surface area contributed by atoms with E-state index in [-0.39, 0.29) is 16.5 Å². The molecule has 1 aliphatic heterocycles. The number of benzene rings is 2. The van der Waals surface area contributed by atoms with Crippen molar-refractivity contribution in [2.75, 3.05) is 20.8 Å². The van der Waals surface area contributed by atoms with E-state index in [1.54, 1.807) is 19.1 Å². The van der Waals surface area contributed by atoms with Gasteiger partial charge in [0, 0.05) is 19.2 Å². The molecule has 2 aromatic carbocycles. The molecule has 0 saturated carbocycles. The zero-order valence-corrected chi connectivity index (χ0v) is 16.6. The number of nitrogens with zero attached hydrogens (tertiary/aromatic N) is 1. The zero-order valence-electron chi connectivity index (χ0n) is 15.8. The maximum absolute atomic E-state index is 13.0. The number of ether oxygens (including phenoxy) is 2. The van der Waals surface area contributed by atoms with Gasteiger partial charge in [0.25, 0.3) is 0 Å². The fraction of sp³-hybridized carbons (Fsp3) is 0.286. The van der Waals surface area contributed by atoms with Crippen LogP contribution in [0.1, 0.15) is 22.3 Å². The Hall–Kier alpha value is -2.67. The monoisotopic (exact) mass is 425 g/mol. The minimum atomic E-state index is -4.55. The van der Waals surface area contributed by atoms with Crippen LogP contribution in [-0.4, -0.2) is 31.6 Å². The molecule has 3 rings (SSSR count). The van der Waals surface area contributed by atoms with E-state index >= 15 is 0 Å². The molecular weight excluding hydrogens is 407 g/mol. The van der Waals surface area contributed by atoms with Crippen LogP contribution in [0.15, 0.2) is 36.4 Å². The summed E-state index contributed by atoms with van der Waals surface area (Å²) < 4.78 is 49.5. The lowest BCUT2D eigenvalue weighted by Gasteiger charge is -2.28. The molecule has 154 valence electrons. The second kappa shape index (κ2) is 8.37. The molecule has 1 heterocycles. The van der Waals surface area contributed by atoms with Crippen molar-refractivity contribution >= 4 is 23.6 Å². The first-order valence-electron chi connectivity index (χ1n) is 8.80. The molecule has 0 spiro atoms. The van der Waals surface area contributed by atoms with Crippen LogP contribution in [0.4, 0.5) is 13.2 Å². The van der Waals surface area contributed by atoms with Crippen molar-refractivity contribution in [2.24, 2.45) is 0 Å². The number of fused-ring (bicyclic) bond motifs is 1. The fourth-order valence-electron chi connectivity index (χ4n) is 3.21. The summed E-state index contributed by atoms with van der Waals surface area (Å²) in [6.45, 7) is 0.882. The van der Waals surface area contributed by atoms with Crippen LogP contribution in [0.25, 0.3) is 6.08 Å². The summed E-state index contributed by atoms with van der Waals surface area (Å²) in [5, 5.41) is -0.377. The Labute approximate surface area is 171 Å². The highest BCUT2D eigenvalue weighted by Crippen LogP contribution is 2.36. The number of hydrogen-bond donors (Lipinski definition) is 0. The zero-order chi connectivity index (χ0) is 21.2. The highest BCUT2D eigenvalue weighted by Gasteiger charge is 2.33. The Morgan fingerprint density at radius 3 is 2.38 bits per heavy atom. The van der Waals surface area contributed by atoms with Gasteiger partial charge in [-0.3, -0.25) is 4.79 Å². The number of methoxy groups -OCH3 is 2. The predicted octanol–water partition coefficient (Wildman–Crippen LogP) is 4.97. The van der Waals surface area contributed by atoms with Gasteiger partial charge in [0.2, 0.25) is 5.91 Å². The number of hydrogen-bond acceptors (Lipinski definition) is 3. The van der Waals surface area contributed by atoms with Gasteiger partial charge in [-0.05, 0) is 53.5 Å². The van der Waals surface area contributed by atoms with Crippen molar-refractivity contribution in [1.82, 2.24) is 4.90 Å². The minimum absolute atomic E-state index is 0.249. The summed E-state index contributed by atoms with van der Waals surface area (Å²) in [6.07, 6.45) is -1.27. The number of halogens is 4. The van der Waals surface area contributed by atoms with Crippen molar-refractivity contribution in [3.63, 3.8) is 0 Å². The molecule has 2 aromatic rings. The largest absolute Gasteiger partial charge is 0.493 e. The number of carbonyl (C=O) groups is 1. The van der Waals surface area contributed by atoms with Crippen LogP contribution in [0.5, 0.6) is 11.5 Å². The molecular formula is C21H19ClF3NO3. The van der Waals surface area contributed by atoms with Crippen LogP contribution in [0, 0.1) is 0 Å². The highest BCUT2D eigenvalue weighted by atomic mass is 35.5. The standard InChI is InChI=1S/C21H19ClF3NO3/c1-28-18-10-14-7-8-26(12-15(14)11-19(18)29-2)20(27)6-4-13-3-5-17(22)16(9-13)21(23,24)25/h3-6,9-11H,7-8,12H2,1-2H3. The van der Waals surface area contributed by atoms with E-state index in [0.717, 1.165) is 17.2 Å². The second-order valence-electron chi connectivity index (χ2n) is 6.56. The van der Waals surface area contributed by atoms with E-state index in [1.165, 1.54) is 24.3 Å². The molecule has 4 nitrogen and oxygen atoms in total. The number of carbonyl (C=O) groups excluding carboxylic acids is 1. The maximum atomic E-state index is 13.0. The smallest absolute Gasteiger partial charge is 0.417 e. The van der Waals surface area contributed by atoms with E-state index in [9.17, 15) is 18.0 Å². The molecule has 0 aromatic heterocycles. The van der Waals surface area contributed by atoms with E-state index in [0.29, 0.717) is 31.0 Å². The van der Waals surface area contributed by atoms with Gasteiger partial charge in [-0.1, -0.05) is 17.7 Å². The van der Waals surface area contributed by atoms with Gasteiger partial charge in [-0.25, -0.2) is 0 Å². The number of rotatable bonds is 4. The van der Waals surface area contributed by atoms with Crippen molar-refractivity contribution in [3.05, 3.63) is 63.7 Å². The summed E-state index contributed by atoms with van der Waals surface area (Å²) in [5.74, 6) is 0.931. The maximum Gasteiger partial charge on any atom is 0.417 e. The first-order valence-corrected chi connectivity index (χ1v) is 9.18. The molecule has 0 bridgehead atoms.